The predicted octanol–water partition coefficient (Wildman–Crippen LogP) is -0.838. The molecule has 19 heavy (non-hydrogen) atoms. The lowest BCUT2D eigenvalue weighted by Gasteiger charge is -2.42. The van der Waals surface area contributed by atoms with Crippen LogP contribution in [0.4, 0.5) is 4.39 Å². The minimum Gasteiger partial charge on any atom is -0.462 e. The lowest BCUT2D eigenvalue weighted by atomic mass is 9.97. The predicted molar refractivity (Wildman–Crippen MR) is 60.9 cm³/mol. The van der Waals surface area contributed by atoms with E-state index < -0.39 is 37.1 Å². The van der Waals surface area contributed by atoms with Gasteiger partial charge in [-0.25, -0.2) is 4.39 Å². The van der Waals surface area contributed by atoms with Crippen LogP contribution in [0.3, 0.4) is 0 Å². The maximum Gasteiger partial charge on any atom is 0.264 e. The fraction of sp³-hybridized carbons (Fsp3) is 0.500. The fourth-order valence-corrected chi connectivity index (χ4v) is 1.79. The zero-order chi connectivity index (χ0) is 14.0. The molecule has 7 heteroatoms. The molecule has 0 aliphatic carbocycles. The van der Waals surface area contributed by atoms with Gasteiger partial charge in [-0.05, 0) is 12.1 Å². The Morgan fingerprint density at radius 1 is 1.16 bits per heavy atom. The molecule has 1 saturated heterocycles. The van der Waals surface area contributed by atoms with Gasteiger partial charge in [-0.3, -0.25) is 4.74 Å². The maximum atomic E-state index is 14.0. The standard InChI is InChI=1S/C12H15FO6/c13-12(6-14)10(17)8(15)9(16)11(19-12)18-7-4-2-1-3-5-7/h1-5,8-11,14-17H,6H2/t8-,9-,10+,11-,12-/m1/s1. The maximum absolute atomic E-state index is 14.0. The molecule has 1 aromatic carbocycles. The van der Waals surface area contributed by atoms with Crippen molar-refractivity contribution in [1.82, 2.24) is 0 Å². The van der Waals surface area contributed by atoms with Gasteiger partial charge in [0.15, 0.2) is 0 Å². The number of alkyl halides is 1. The average Bonchev–Trinajstić information content (AvgIpc) is 2.43. The van der Waals surface area contributed by atoms with Gasteiger partial charge < -0.3 is 25.2 Å². The molecule has 1 aliphatic rings. The number of rotatable bonds is 3. The number of ether oxygens (including phenoxy) is 2. The first kappa shape index (κ1) is 14.2. The molecule has 0 saturated carbocycles. The molecule has 0 bridgehead atoms. The Morgan fingerprint density at radius 3 is 2.37 bits per heavy atom. The number of aliphatic hydroxyl groups is 4. The van der Waals surface area contributed by atoms with Gasteiger partial charge in [-0.2, -0.15) is 0 Å². The van der Waals surface area contributed by atoms with Gasteiger partial charge in [0.25, 0.3) is 5.85 Å². The zero-order valence-electron chi connectivity index (χ0n) is 9.89. The van der Waals surface area contributed by atoms with E-state index in [1.54, 1.807) is 30.3 Å². The van der Waals surface area contributed by atoms with Gasteiger partial charge in [-0.15, -0.1) is 0 Å². The third kappa shape index (κ3) is 2.70. The van der Waals surface area contributed by atoms with Gasteiger partial charge in [0.05, 0.1) is 0 Å². The van der Waals surface area contributed by atoms with Crippen molar-refractivity contribution in [2.45, 2.75) is 30.5 Å². The van der Waals surface area contributed by atoms with Crippen LogP contribution < -0.4 is 4.74 Å². The Balaban J connectivity index is 2.16. The molecule has 0 radical (unpaired) electrons. The number of para-hydroxylation sites is 1. The van der Waals surface area contributed by atoms with Crippen molar-refractivity contribution in [3.63, 3.8) is 0 Å². The highest BCUT2D eigenvalue weighted by molar-refractivity contribution is 5.21. The van der Waals surface area contributed by atoms with E-state index >= 15 is 0 Å². The van der Waals surface area contributed by atoms with Crippen molar-refractivity contribution in [2.24, 2.45) is 0 Å². The normalized spacial score (nSPS) is 39.0. The van der Waals surface area contributed by atoms with E-state index in [-0.39, 0.29) is 5.75 Å². The largest absolute Gasteiger partial charge is 0.462 e. The molecule has 106 valence electrons. The summed E-state index contributed by atoms with van der Waals surface area (Å²) < 4.78 is 23.9. The number of benzene rings is 1. The second kappa shape index (κ2) is 5.40. The molecule has 6 nitrogen and oxygen atoms in total. The molecule has 4 N–H and O–H groups in total. The Kier molecular flexibility index (Phi) is 4.02. The third-order valence-electron chi connectivity index (χ3n) is 2.92. The lowest BCUT2D eigenvalue weighted by Crippen LogP contribution is -2.65. The summed E-state index contributed by atoms with van der Waals surface area (Å²) in [5, 5.41) is 37.6. The first-order valence-electron chi connectivity index (χ1n) is 5.71. The van der Waals surface area contributed by atoms with E-state index in [2.05, 4.69) is 0 Å². The van der Waals surface area contributed by atoms with Crippen molar-refractivity contribution >= 4 is 0 Å². The Morgan fingerprint density at radius 2 is 1.79 bits per heavy atom. The Hall–Kier alpha value is -1.25. The highest BCUT2D eigenvalue weighted by atomic mass is 19.2. The quantitative estimate of drug-likeness (QED) is 0.574. The zero-order valence-corrected chi connectivity index (χ0v) is 9.89. The Labute approximate surface area is 108 Å². The van der Waals surface area contributed by atoms with Crippen LogP contribution in [0.2, 0.25) is 0 Å². The monoisotopic (exact) mass is 274 g/mol. The fourth-order valence-electron chi connectivity index (χ4n) is 1.79. The second-order valence-electron chi connectivity index (χ2n) is 4.29. The lowest BCUT2D eigenvalue weighted by molar-refractivity contribution is -0.358. The summed E-state index contributed by atoms with van der Waals surface area (Å²) in [5.41, 5.74) is 0. The minimum absolute atomic E-state index is 0.287. The van der Waals surface area contributed by atoms with Gasteiger partial charge >= 0.3 is 0 Å². The topological polar surface area (TPSA) is 99.4 Å². The van der Waals surface area contributed by atoms with Crippen LogP contribution in [0.1, 0.15) is 0 Å². The number of hydrogen-bond acceptors (Lipinski definition) is 6. The first-order chi connectivity index (χ1) is 8.98. The first-order valence-corrected chi connectivity index (χ1v) is 5.71. The van der Waals surface area contributed by atoms with Crippen molar-refractivity contribution in [2.75, 3.05) is 6.61 Å². The van der Waals surface area contributed by atoms with Gasteiger partial charge in [0, 0.05) is 0 Å². The highest BCUT2D eigenvalue weighted by Gasteiger charge is 2.55. The average molecular weight is 274 g/mol. The van der Waals surface area contributed by atoms with Crippen LogP contribution in [0.15, 0.2) is 30.3 Å². The molecule has 1 aliphatic heterocycles. The number of aliphatic hydroxyl groups excluding tert-OH is 4. The van der Waals surface area contributed by atoms with E-state index in [0.717, 1.165) is 0 Å². The van der Waals surface area contributed by atoms with Crippen molar-refractivity contribution in [3.05, 3.63) is 30.3 Å². The number of hydrogen-bond donors (Lipinski definition) is 4. The van der Waals surface area contributed by atoms with Crippen molar-refractivity contribution in [3.8, 4) is 5.75 Å². The van der Waals surface area contributed by atoms with Gasteiger partial charge in [-0.1, -0.05) is 18.2 Å². The van der Waals surface area contributed by atoms with E-state index in [1.807, 2.05) is 0 Å². The summed E-state index contributed by atoms with van der Waals surface area (Å²) in [6.45, 7) is -1.17. The van der Waals surface area contributed by atoms with E-state index in [9.17, 15) is 19.7 Å². The number of halogens is 1. The molecular formula is C12H15FO6. The van der Waals surface area contributed by atoms with Gasteiger partial charge in [0.2, 0.25) is 6.29 Å². The molecule has 0 amide bonds. The smallest absolute Gasteiger partial charge is 0.264 e. The van der Waals surface area contributed by atoms with E-state index in [4.69, 9.17) is 14.6 Å². The molecule has 0 unspecified atom stereocenters. The molecule has 1 fully saturated rings. The minimum atomic E-state index is -2.89. The van der Waals surface area contributed by atoms with E-state index in [0.29, 0.717) is 0 Å². The molecular weight excluding hydrogens is 259 g/mol. The Bertz CT molecular complexity index is 416. The molecule has 1 heterocycles. The molecule has 5 atom stereocenters. The third-order valence-corrected chi connectivity index (χ3v) is 2.92. The van der Waals surface area contributed by atoms with Crippen LogP contribution in [-0.2, 0) is 4.74 Å². The molecule has 0 aromatic heterocycles. The van der Waals surface area contributed by atoms with Crippen LogP contribution >= 0.6 is 0 Å². The summed E-state index contributed by atoms with van der Waals surface area (Å²) in [7, 11) is 0. The molecule has 2 rings (SSSR count). The van der Waals surface area contributed by atoms with Crippen LogP contribution in [-0.4, -0.2) is 57.5 Å². The summed E-state index contributed by atoms with van der Waals surface area (Å²) in [6.07, 6.45) is -7.09. The summed E-state index contributed by atoms with van der Waals surface area (Å²) in [5.74, 6) is -2.60. The van der Waals surface area contributed by atoms with Crippen molar-refractivity contribution < 1.29 is 34.3 Å². The van der Waals surface area contributed by atoms with Crippen LogP contribution in [0.25, 0.3) is 0 Å². The van der Waals surface area contributed by atoms with Gasteiger partial charge in [0.1, 0.15) is 30.7 Å². The van der Waals surface area contributed by atoms with Crippen molar-refractivity contribution in [1.29, 1.82) is 0 Å². The second-order valence-corrected chi connectivity index (χ2v) is 4.29. The molecule has 1 aromatic rings. The molecule has 0 spiro atoms. The highest BCUT2D eigenvalue weighted by Crippen LogP contribution is 2.32. The van der Waals surface area contributed by atoms with Crippen LogP contribution in [0.5, 0.6) is 5.75 Å². The van der Waals surface area contributed by atoms with E-state index in [1.165, 1.54) is 0 Å². The summed E-state index contributed by atoms with van der Waals surface area (Å²) in [4.78, 5) is 0. The summed E-state index contributed by atoms with van der Waals surface area (Å²) >= 11 is 0. The summed E-state index contributed by atoms with van der Waals surface area (Å²) in [6, 6.07) is 8.14. The van der Waals surface area contributed by atoms with Crippen LogP contribution in [0, 0.1) is 0 Å². The SMILES string of the molecule is OC[C@@]1(F)O[C@@H](Oc2ccccc2)[C@H](O)[C@@H](O)[C@@H]1O.